The first-order valence-electron chi connectivity index (χ1n) is 5.13. The van der Waals surface area contributed by atoms with Crippen molar-refractivity contribution in [3.63, 3.8) is 0 Å². The predicted octanol–water partition coefficient (Wildman–Crippen LogP) is 2.41. The zero-order valence-electron chi connectivity index (χ0n) is 7.55. The van der Waals surface area contributed by atoms with Gasteiger partial charge >= 0.3 is 0 Å². The zero-order valence-corrected chi connectivity index (χ0v) is 7.55. The number of rotatable bonds is 1. The zero-order chi connectivity index (χ0) is 7.68. The van der Waals surface area contributed by atoms with Gasteiger partial charge in [-0.15, -0.1) is 0 Å². The summed E-state index contributed by atoms with van der Waals surface area (Å²) in [5.74, 6) is 0. The summed E-state index contributed by atoms with van der Waals surface area (Å²) < 4.78 is 0. The molecule has 0 aromatic rings. The molecule has 1 saturated carbocycles. The highest BCUT2D eigenvalue weighted by molar-refractivity contribution is 4.85. The third-order valence-corrected chi connectivity index (χ3v) is 3.40. The maximum atomic E-state index is 2.74. The van der Waals surface area contributed by atoms with Crippen LogP contribution in [-0.4, -0.2) is 23.5 Å². The number of likely N-dealkylation sites (tertiary alicyclic amines) is 1. The lowest BCUT2D eigenvalue weighted by molar-refractivity contribution is 0.0603. The van der Waals surface area contributed by atoms with E-state index in [-0.39, 0.29) is 0 Å². The normalized spacial score (nSPS) is 35.2. The Kier molecular flexibility index (Phi) is 2.17. The van der Waals surface area contributed by atoms with Crippen molar-refractivity contribution in [3.8, 4) is 0 Å². The molecule has 2 aliphatic rings. The maximum Gasteiger partial charge on any atom is 0.00980 e. The Morgan fingerprint density at radius 2 is 1.82 bits per heavy atom. The number of hydrogen-bond donors (Lipinski definition) is 0. The maximum absolute atomic E-state index is 2.74. The largest absolute Gasteiger partial charge is 0.298 e. The van der Waals surface area contributed by atoms with E-state index in [0.29, 0.717) is 0 Å². The van der Waals surface area contributed by atoms with Gasteiger partial charge in [0, 0.05) is 12.1 Å². The van der Waals surface area contributed by atoms with Crippen LogP contribution in [0.3, 0.4) is 0 Å². The molecule has 1 atom stereocenters. The molecular formula is C10H19N. The second kappa shape index (κ2) is 3.14. The van der Waals surface area contributed by atoms with Gasteiger partial charge in [0.1, 0.15) is 0 Å². The summed E-state index contributed by atoms with van der Waals surface area (Å²) in [7, 11) is 0. The molecule has 0 unspecified atom stereocenters. The highest BCUT2D eigenvalue weighted by atomic mass is 15.2. The molecule has 1 aliphatic carbocycles. The second-order valence-corrected chi connectivity index (χ2v) is 4.17. The van der Waals surface area contributed by atoms with E-state index in [1.54, 1.807) is 0 Å². The summed E-state index contributed by atoms with van der Waals surface area (Å²) in [6.45, 7) is 3.78. The average molecular weight is 153 g/mol. The number of hydrogen-bond acceptors (Lipinski definition) is 1. The molecule has 1 saturated heterocycles. The Morgan fingerprint density at radius 3 is 2.36 bits per heavy atom. The number of nitrogens with zero attached hydrogens (tertiary/aromatic N) is 1. The van der Waals surface area contributed by atoms with Crippen molar-refractivity contribution < 1.29 is 0 Å². The van der Waals surface area contributed by atoms with Crippen LogP contribution in [0, 0.1) is 0 Å². The molecule has 0 spiro atoms. The van der Waals surface area contributed by atoms with Crippen molar-refractivity contribution in [2.75, 3.05) is 6.54 Å². The molecule has 0 N–H and O–H groups in total. The van der Waals surface area contributed by atoms with E-state index in [1.807, 2.05) is 0 Å². The molecule has 1 nitrogen and oxygen atoms in total. The molecule has 2 fully saturated rings. The van der Waals surface area contributed by atoms with Crippen LogP contribution in [0.15, 0.2) is 0 Å². The van der Waals surface area contributed by atoms with Crippen molar-refractivity contribution in [1.82, 2.24) is 4.90 Å². The first kappa shape index (κ1) is 7.60. The molecule has 2 rings (SSSR count). The molecule has 0 amide bonds. The molecule has 64 valence electrons. The first-order chi connectivity index (χ1) is 5.38. The Balaban J connectivity index is 1.88. The van der Waals surface area contributed by atoms with Crippen LogP contribution in [0.1, 0.15) is 45.4 Å². The molecule has 11 heavy (non-hydrogen) atoms. The van der Waals surface area contributed by atoms with Gasteiger partial charge in [0.2, 0.25) is 0 Å². The van der Waals surface area contributed by atoms with Crippen LogP contribution in [-0.2, 0) is 0 Å². The molecule has 1 heteroatoms. The van der Waals surface area contributed by atoms with Crippen LogP contribution >= 0.6 is 0 Å². The van der Waals surface area contributed by atoms with Crippen molar-refractivity contribution in [2.45, 2.75) is 57.5 Å². The lowest BCUT2D eigenvalue weighted by Gasteiger charge is -2.43. The van der Waals surface area contributed by atoms with E-state index in [1.165, 1.54) is 45.1 Å². The average Bonchev–Trinajstić information content (AvgIpc) is 1.90. The molecule has 1 aliphatic heterocycles. The van der Waals surface area contributed by atoms with Crippen molar-refractivity contribution in [3.05, 3.63) is 0 Å². The topological polar surface area (TPSA) is 3.24 Å². The summed E-state index contributed by atoms with van der Waals surface area (Å²) in [5.41, 5.74) is 0. The molecule has 0 aromatic heterocycles. The van der Waals surface area contributed by atoms with Gasteiger partial charge in [0.05, 0.1) is 0 Å². The van der Waals surface area contributed by atoms with Gasteiger partial charge in [-0.2, -0.15) is 0 Å². The highest BCUT2D eigenvalue weighted by Crippen LogP contribution is 2.30. The van der Waals surface area contributed by atoms with Gasteiger partial charge in [-0.05, 0) is 39.2 Å². The Bertz CT molecular complexity index is 127. The smallest absolute Gasteiger partial charge is 0.00980 e. The molecule has 0 aromatic carbocycles. The van der Waals surface area contributed by atoms with Gasteiger partial charge in [0.25, 0.3) is 0 Å². The Labute approximate surface area is 69.8 Å². The Morgan fingerprint density at radius 1 is 1.00 bits per heavy atom. The molecule has 1 heterocycles. The van der Waals surface area contributed by atoms with Gasteiger partial charge in [-0.3, -0.25) is 4.90 Å². The SMILES string of the molecule is C[C@H]1CCCCN1C1CCC1. The summed E-state index contributed by atoms with van der Waals surface area (Å²) in [4.78, 5) is 2.74. The van der Waals surface area contributed by atoms with Crippen LogP contribution in [0.2, 0.25) is 0 Å². The standard InChI is InChI=1S/C10H19N/c1-9-5-2-3-8-11(9)10-6-4-7-10/h9-10H,2-8H2,1H3/t9-/m0/s1. The summed E-state index contributed by atoms with van der Waals surface area (Å²) in [6.07, 6.45) is 8.78. The quantitative estimate of drug-likeness (QED) is 0.559. The molecular weight excluding hydrogens is 134 g/mol. The van der Waals surface area contributed by atoms with E-state index < -0.39 is 0 Å². The van der Waals surface area contributed by atoms with Crippen molar-refractivity contribution in [2.24, 2.45) is 0 Å². The monoisotopic (exact) mass is 153 g/mol. The molecule has 0 bridgehead atoms. The third kappa shape index (κ3) is 1.44. The lowest BCUT2D eigenvalue weighted by Crippen LogP contribution is -2.47. The van der Waals surface area contributed by atoms with Gasteiger partial charge in [-0.25, -0.2) is 0 Å². The summed E-state index contributed by atoms with van der Waals surface area (Å²) >= 11 is 0. The van der Waals surface area contributed by atoms with Crippen LogP contribution in [0.25, 0.3) is 0 Å². The van der Waals surface area contributed by atoms with Gasteiger partial charge in [-0.1, -0.05) is 12.8 Å². The predicted molar refractivity (Wildman–Crippen MR) is 47.7 cm³/mol. The summed E-state index contributed by atoms with van der Waals surface area (Å²) in [5, 5.41) is 0. The minimum Gasteiger partial charge on any atom is -0.298 e. The van der Waals surface area contributed by atoms with E-state index >= 15 is 0 Å². The Hall–Kier alpha value is -0.0400. The minimum atomic E-state index is 0.883. The van der Waals surface area contributed by atoms with E-state index in [9.17, 15) is 0 Å². The van der Waals surface area contributed by atoms with Crippen LogP contribution < -0.4 is 0 Å². The van der Waals surface area contributed by atoms with Gasteiger partial charge < -0.3 is 0 Å². The van der Waals surface area contributed by atoms with Gasteiger partial charge in [0.15, 0.2) is 0 Å². The minimum absolute atomic E-state index is 0.883. The molecule has 0 radical (unpaired) electrons. The fraction of sp³-hybridized carbons (Fsp3) is 1.00. The first-order valence-corrected chi connectivity index (χ1v) is 5.13. The fourth-order valence-corrected chi connectivity index (χ4v) is 2.38. The highest BCUT2D eigenvalue weighted by Gasteiger charge is 2.29. The van der Waals surface area contributed by atoms with Crippen LogP contribution in [0.4, 0.5) is 0 Å². The van der Waals surface area contributed by atoms with Crippen molar-refractivity contribution >= 4 is 0 Å². The van der Waals surface area contributed by atoms with Crippen molar-refractivity contribution in [1.29, 1.82) is 0 Å². The summed E-state index contributed by atoms with van der Waals surface area (Å²) in [6, 6.07) is 1.86. The van der Waals surface area contributed by atoms with E-state index in [4.69, 9.17) is 0 Å². The van der Waals surface area contributed by atoms with E-state index in [0.717, 1.165) is 12.1 Å². The second-order valence-electron chi connectivity index (χ2n) is 4.17. The third-order valence-electron chi connectivity index (χ3n) is 3.40. The number of piperidine rings is 1. The van der Waals surface area contributed by atoms with Crippen LogP contribution in [0.5, 0.6) is 0 Å². The van der Waals surface area contributed by atoms with E-state index in [2.05, 4.69) is 11.8 Å². The fourth-order valence-electron chi connectivity index (χ4n) is 2.38. The lowest BCUT2D eigenvalue weighted by atomic mass is 9.88.